The molecule has 0 aromatic rings. The first-order valence-corrected chi connectivity index (χ1v) is 3.31. The van der Waals surface area contributed by atoms with Gasteiger partial charge in [-0.25, -0.2) is 0 Å². The quantitative estimate of drug-likeness (QED) is 0.519. The third kappa shape index (κ3) is 5.21. The second kappa shape index (κ2) is 5.48. The molecule has 0 N–H and O–H groups in total. The van der Waals surface area contributed by atoms with Crippen LogP contribution in [0.15, 0.2) is 22.0 Å². The highest BCUT2D eigenvalue weighted by atomic mass is 15.1. The fourth-order valence-electron chi connectivity index (χ4n) is 0.319. The molecule has 0 aromatic carbocycles. The molecule has 2 nitrogen and oxygen atoms in total. The summed E-state index contributed by atoms with van der Waals surface area (Å²) in [6, 6.07) is 0. The number of hydrogen-bond acceptors (Lipinski definition) is 2. The van der Waals surface area contributed by atoms with Crippen molar-refractivity contribution in [3.8, 4) is 0 Å². The van der Waals surface area contributed by atoms with Crippen molar-refractivity contribution in [3.05, 3.63) is 11.8 Å². The van der Waals surface area contributed by atoms with Crippen molar-refractivity contribution in [1.82, 2.24) is 0 Å². The average molecular weight is 126 g/mol. The Morgan fingerprint density at radius 1 is 1.56 bits per heavy atom. The Hall–Kier alpha value is -0.660. The Kier molecular flexibility index (Phi) is 5.07. The summed E-state index contributed by atoms with van der Waals surface area (Å²) in [7, 11) is 0. The number of allylic oxidation sites excluding steroid dienone is 2. The molecule has 52 valence electrons. The third-order valence-electron chi connectivity index (χ3n) is 0.970. The summed E-state index contributed by atoms with van der Waals surface area (Å²) in [5.41, 5.74) is 0.989. The largest absolute Gasteiger partial charge is 0.189 e. The van der Waals surface area contributed by atoms with E-state index in [4.69, 9.17) is 0 Å². The van der Waals surface area contributed by atoms with Crippen LogP contribution in [-0.2, 0) is 0 Å². The van der Waals surface area contributed by atoms with Gasteiger partial charge >= 0.3 is 0 Å². The fraction of sp³-hybridized carbons (Fsp3) is 0.714. The molecule has 0 unspecified atom stereocenters. The lowest BCUT2D eigenvalue weighted by Gasteiger charge is -1.85. The van der Waals surface area contributed by atoms with E-state index in [2.05, 4.69) is 17.2 Å². The molecule has 2 heteroatoms. The standard InChI is InChI=1S/C7H14N2/c1-4-6-8-9-7(3)5-2/h5H,4,6H2,1-3H3. The van der Waals surface area contributed by atoms with Crippen LogP contribution in [0.3, 0.4) is 0 Å². The normalized spacial score (nSPS) is 13.0. The molecule has 0 aliphatic carbocycles. The molecule has 0 spiro atoms. The zero-order valence-corrected chi connectivity index (χ0v) is 6.39. The van der Waals surface area contributed by atoms with Crippen LogP contribution >= 0.6 is 0 Å². The molecular formula is C7H14N2. The van der Waals surface area contributed by atoms with Crippen molar-refractivity contribution in [2.24, 2.45) is 10.2 Å². The summed E-state index contributed by atoms with van der Waals surface area (Å²) in [5.74, 6) is 0. The van der Waals surface area contributed by atoms with E-state index in [-0.39, 0.29) is 0 Å². The maximum atomic E-state index is 3.92. The molecule has 0 rings (SSSR count). The van der Waals surface area contributed by atoms with Gasteiger partial charge < -0.3 is 0 Å². The van der Waals surface area contributed by atoms with Crippen molar-refractivity contribution >= 4 is 0 Å². The lowest BCUT2D eigenvalue weighted by molar-refractivity contribution is 0.860. The van der Waals surface area contributed by atoms with Crippen molar-refractivity contribution in [2.75, 3.05) is 6.54 Å². The Labute approximate surface area is 56.7 Å². The highest BCUT2D eigenvalue weighted by molar-refractivity contribution is 4.90. The summed E-state index contributed by atoms with van der Waals surface area (Å²) in [5, 5.41) is 7.84. The lowest BCUT2D eigenvalue weighted by Crippen LogP contribution is -1.72. The molecule has 0 aliphatic heterocycles. The minimum Gasteiger partial charge on any atom is -0.189 e. The van der Waals surface area contributed by atoms with Crippen LogP contribution in [0.2, 0.25) is 0 Å². The third-order valence-corrected chi connectivity index (χ3v) is 0.970. The summed E-state index contributed by atoms with van der Waals surface area (Å²) in [6.07, 6.45) is 3.01. The van der Waals surface area contributed by atoms with E-state index in [1.165, 1.54) is 0 Å². The predicted molar refractivity (Wildman–Crippen MR) is 39.4 cm³/mol. The first-order chi connectivity index (χ1) is 4.31. The van der Waals surface area contributed by atoms with Gasteiger partial charge in [-0.05, 0) is 20.3 Å². The highest BCUT2D eigenvalue weighted by Gasteiger charge is 1.77. The maximum absolute atomic E-state index is 3.92. The van der Waals surface area contributed by atoms with Gasteiger partial charge in [-0.3, -0.25) is 0 Å². The summed E-state index contributed by atoms with van der Waals surface area (Å²) in [4.78, 5) is 0. The van der Waals surface area contributed by atoms with Gasteiger partial charge in [-0.1, -0.05) is 13.0 Å². The van der Waals surface area contributed by atoms with Gasteiger partial charge in [0.2, 0.25) is 0 Å². The van der Waals surface area contributed by atoms with Gasteiger partial charge in [-0.2, -0.15) is 10.2 Å². The zero-order valence-electron chi connectivity index (χ0n) is 6.39. The van der Waals surface area contributed by atoms with E-state index >= 15 is 0 Å². The Bertz CT molecular complexity index is 114. The zero-order chi connectivity index (χ0) is 7.11. The Morgan fingerprint density at radius 2 is 2.22 bits per heavy atom. The number of hydrogen-bond donors (Lipinski definition) is 0. The summed E-state index contributed by atoms with van der Waals surface area (Å²) in [6.45, 7) is 6.83. The molecule has 0 aromatic heterocycles. The van der Waals surface area contributed by atoms with E-state index in [1.54, 1.807) is 0 Å². The van der Waals surface area contributed by atoms with Gasteiger partial charge in [-0.15, -0.1) is 0 Å². The van der Waals surface area contributed by atoms with Crippen molar-refractivity contribution in [3.63, 3.8) is 0 Å². The Morgan fingerprint density at radius 3 is 2.67 bits per heavy atom. The molecular weight excluding hydrogens is 112 g/mol. The average Bonchev–Trinajstić information content (AvgIpc) is 1.89. The van der Waals surface area contributed by atoms with Gasteiger partial charge in [0.15, 0.2) is 0 Å². The molecule has 0 bridgehead atoms. The molecule has 0 atom stereocenters. The molecule has 0 radical (unpaired) electrons. The predicted octanol–water partition coefficient (Wildman–Crippen LogP) is 2.77. The first-order valence-electron chi connectivity index (χ1n) is 3.31. The van der Waals surface area contributed by atoms with Crippen molar-refractivity contribution in [2.45, 2.75) is 27.2 Å². The van der Waals surface area contributed by atoms with Crippen molar-refractivity contribution < 1.29 is 0 Å². The number of azo groups is 1. The van der Waals surface area contributed by atoms with E-state index in [9.17, 15) is 0 Å². The SMILES string of the molecule is CC=C(C)N=NCCC. The second-order valence-corrected chi connectivity index (χ2v) is 1.90. The molecule has 0 amide bonds. The van der Waals surface area contributed by atoms with Gasteiger partial charge in [0.05, 0.1) is 12.2 Å². The molecule has 0 aliphatic rings. The Balaban J connectivity index is 3.45. The minimum atomic E-state index is 0.838. The van der Waals surface area contributed by atoms with Crippen LogP contribution in [0.5, 0.6) is 0 Å². The van der Waals surface area contributed by atoms with Gasteiger partial charge in [0, 0.05) is 0 Å². The van der Waals surface area contributed by atoms with Crippen LogP contribution in [0.25, 0.3) is 0 Å². The smallest absolute Gasteiger partial charge is 0.0600 e. The van der Waals surface area contributed by atoms with Crippen molar-refractivity contribution in [1.29, 1.82) is 0 Å². The molecule has 0 heterocycles. The lowest BCUT2D eigenvalue weighted by atomic mass is 10.5. The minimum absolute atomic E-state index is 0.838. The first kappa shape index (κ1) is 8.34. The molecule has 0 saturated heterocycles. The molecule has 0 saturated carbocycles. The van der Waals surface area contributed by atoms with Gasteiger partial charge in [0.1, 0.15) is 0 Å². The molecule has 9 heavy (non-hydrogen) atoms. The fourth-order valence-corrected chi connectivity index (χ4v) is 0.319. The topological polar surface area (TPSA) is 24.7 Å². The monoisotopic (exact) mass is 126 g/mol. The van der Waals surface area contributed by atoms with Crippen LogP contribution < -0.4 is 0 Å². The molecule has 0 fully saturated rings. The summed E-state index contributed by atoms with van der Waals surface area (Å²) >= 11 is 0. The van der Waals surface area contributed by atoms with E-state index < -0.39 is 0 Å². The van der Waals surface area contributed by atoms with Crippen LogP contribution in [0.1, 0.15) is 27.2 Å². The second-order valence-electron chi connectivity index (χ2n) is 1.90. The number of rotatable bonds is 3. The van der Waals surface area contributed by atoms with Crippen LogP contribution in [-0.4, -0.2) is 6.54 Å². The number of nitrogens with zero attached hydrogens (tertiary/aromatic N) is 2. The van der Waals surface area contributed by atoms with Crippen LogP contribution in [0.4, 0.5) is 0 Å². The maximum Gasteiger partial charge on any atom is 0.0600 e. The summed E-state index contributed by atoms with van der Waals surface area (Å²) < 4.78 is 0. The van der Waals surface area contributed by atoms with E-state index in [1.807, 2.05) is 19.9 Å². The highest BCUT2D eigenvalue weighted by Crippen LogP contribution is 1.94. The van der Waals surface area contributed by atoms with Gasteiger partial charge in [0.25, 0.3) is 0 Å². The van der Waals surface area contributed by atoms with Crippen LogP contribution in [0, 0.1) is 0 Å². The van der Waals surface area contributed by atoms with E-state index in [0.29, 0.717) is 0 Å². The van der Waals surface area contributed by atoms with E-state index in [0.717, 1.165) is 18.7 Å².